The Balaban J connectivity index is 1.99. The normalized spacial score (nSPS) is 19.3. The Morgan fingerprint density at radius 2 is 2.06 bits per heavy atom. The molecule has 0 bridgehead atoms. The third-order valence-corrected chi connectivity index (χ3v) is 4.18. The van der Waals surface area contributed by atoms with Gasteiger partial charge in [0.25, 0.3) is 0 Å². The van der Waals surface area contributed by atoms with E-state index < -0.39 is 0 Å². The summed E-state index contributed by atoms with van der Waals surface area (Å²) in [6.45, 7) is 9.46. The first-order valence-corrected chi connectivity index (χ1v) is 6.98. The van der Waals surface area contributed by atoms with E-state index in [1.54, 1.807) is 0 Å². The van der Waals surface area contributed by atoms with Gasteiger partial charge in [0.1, 0.15) is 0 Å². The smallest absolute Gasteiger partial charge is 0.0759 e. The molecule has 0 aliphatic carbocycles. The maximum Gasteiger partial charge on any atom is 0.0759 e. The fraction of sp³-hybridized carbons (Fsp3) is 0.786. The molecule has 4 heteroatoms. The van der Waals surface area contributed by atoms with E-state index in [4.69, 9.17) is 0 Å². The molecule has 102 valence electrons. The second-order valence-electron chi connectivity index (χ2n) is 5.77. The molecule has 0 amide bonds. The molecule has 0 saturated carbocycles. The first-order valence-electron chi connectivity index (χ1n) is 6.98. The number of aliphatic hydroxyl groups excluding tert-OH is 1. The summed E-state index contributed by atoms with van der Waals surface area (Å²) in [5.41, 5.74) is 0.974. The summed E-state index contributed by atoms with van der Waals surface area (Å²) in [4.78, 5) is 2.40. The third-order valence-electron chi connectivity index (χ3n) is 4.18. The lowest BCUT2D eigenvalue weighted by Gasteiger charge is -2.39. The van der Waals surface area contributed by atoms with Crippen LogP contribution in [-0.2, 0) is 13.0 Å². The van der Waals surface area contributed by atoms with E-state index in [1.165, 1.54) is 12.8 Å². The van der Waals surface area contributed by atoms with Crippen molar-refractivity contribution < 1.29 is 5.11 Å². The zero-order chi connectivity index (χ0) is 13.2. The molecule has 2 rings (SSSR count). The van der Waals surface area contributed by atoms with Crippen LogP contribution >= 0.6 is 0 Å². The molecular weight excluding hydrogens is 226 g/mol. The van der Waals surface area contributed by atoms with Crippen molar-refractivity contribution in [3.05, 3.63) is 18.0 Å². The third kappa shape index (κ3) is 2.75. The average Bonchev–Trinajstić information content (AvgIpc) is 2.99. The van der Waals surface area contributed by atoms with Crippen molar-refractivity contribution in [1.29, 1.82) is 0 Å². The molecule has 1 N–H and O–H groups in total. The van der Waals surface area contributed by atoms with Crippen LogP contribution in [0.4, 0.5) is 0 Å². The SMILES string of the molecule is CCn1cc(CC(O)C(C)(C)N2CCCC2)cn1. The van der Waals surface area contributed by atoms with Crippen molar-refractivity contribution in [3.8, 4) is 0 Å². The van der Waals surface area contributed by atoms with Gasteiger partial charge in [-0.3, -0.25) is 9.58 Å². The summed E-state index contributed by atoms with van der Waals surface area (Å²) in [6, 6.07) is 0. The van der Waals surface area contributed by atoms with Crippen molar-refractivity contribution in [2.45, 2.75) is 58.2 Å². The Hall–Kier alpha value is -0.870. The van der Waals surface area contributed by atoms with E-state index in [0.717, 1.165) is 25.2 Å². The minimum absolute atomic E-state index is 0.148. The highest BCUT2D eigenvalue weighted by atomic mass is 16.3. The van der Waals surface area contributed by atoms with E-state index in [2.05, 4.69) is 30.8 Å². The van der Waals surface area contributed by atoms with Gasteiger partial charge in [-0.05, 0) is 52.3 Å². The molecule has 18 heavy (non-hydrogen) atoms. The van der Waals surface area contributed by atoms with Crippen LogP contribution in [0.5, 0.6) is 0 Å². The van der Waals surface area contributed by atoms with E-state index in [0.29, 0.717) is 6.42 Å². The molecule has 2 heterocycles. The predicted molar refractivity (Wildman–Crippen MR) is 72.5 cm³/mol. The maximum atomic E-state index is 10.5. The van der Waals surface area contributed by atoms with Crippen LogP contribution in [0, 0.1) is 0 Å². The van der Waals surface area contributed by atoms with Crippen LogP contribution in [0.2, 0.25) is 0 Å². The summed E-state index contributed by atoms with van der Waals surface area (Å²) in [7, 11) is 0. The van der Waals surface area contributed by atoms with Gasteiger partial charge in [0, 0.05) is 24.7 Å². The van der Waals surface area contributed by atoms with Crippen molar-refractivity contribution in [3.63, 3.8) is 0 Å². The lowest BCUT2D eigenvalue weighted by molar-refractivity contribution is 0.00336. The first-order chi connectivity index (χ1) is 8.54. The van der Waals surface area contributed by atoms with Crippen LogP contribution < -0.4 is 0 Å². The minimum atomic E-state index is -0.342. The molecule has 1 aromatic rings. The highest BCUT2D eigenvalue weighted by molar-refractivity contribution is 5.08. The van der Waals surface area contributed by atoms with E-state index in [9.17, 15) is 5.11 Å². The Kier molecular flexibility index (Phi) is 4.07. The van der Waals surface area contributed by atoms with Gasteiger partial charge in [0.2, 0.25) is 0 Å². The summed E-state index contributed by atoms with van der Waals surface area (Å²) in [5, 5.41) is 14.8. The van der Waals surface area contributed by atoms with Crippen LogP contribution in [0.15, 0.2) is 12.4 Å². The molecule has 4 nitrogen and oxygen atoms in total. The molecule has 1 aliphatic rings. The van der Waals surface area contributed by atoms with Crippen molar-refractivity contribution >= 4 is 0 Å². The van der Waals surface area contributed by atoms with Crippen molar-refractivity contribution in [2.75, 3.05) is 13.1 Å². The molecule has 1 saturated heterocycles. The van der Waals surface area contributed by atoms with Crippen LogP contribution in [0.3, 0.4) is 0 Å². The summed E-state index contributed by atoms with van der Waals surface area (Å²) < 4.78 is 1.91. The molecular formula is C14H25N3O. The molecule has 0 radical (unpaired) electrons. The van der Waals surface area contributed by atoms with Crippen LogP contribution in [0.1, 0.15) is 39.2 Å². The lowest BCUT2D eigenvalue weighted by atomic mass is 9.91. The molecule has 1 aliphatic heterocycles. The minimum Gasteiger partial charge on any atom is -0.391 e. The highest BCUT2D eigenvalue weighted by Crippen LogP contribution is 2.26. The maximum absolute atomic E-state index is 10.5. The Bertz CT molecular complexity index is 380. The second-order valence-corrected chi connectivity index (χ2v) is 5.77. The number of aryl methyl sites for hydroxylation is 1. The molecule has 0 aromatic carbocycles. The zero-order valence-corrected chi connectivity index (χ0v) is 11.8. The Morgan fingerprint density at radius 1 is 1.39 bits per heavy atom. The topological polar surface area (TPSA) is 41.3 Å². The second kappa shape index (κ2) is 5.41. The van der Waals surface area contributed by atoms with Crippen LogP contribution in [0.25, 0.3) is 0 Å². The quantitative estimate of drug-likeness (QED) is 0.865. The molecule has 1 aromatic heterocycles. The fourth-order valence-electron chi connectivity index (χ4n) is 2.66. The summed E-state index contributed by atoms with van der Waals surface area (Å²) in [5.74, 6) is 0. The number of aromatic nitrogens is 2. The van der Waals surface area contributed by atoms with Gasteiger partial charge in [0.15, 0.2) is 0 Å². The van der Waals surface area contributed by atoms with Gasteiger partial charge >= 0.3 is 0 Å². The molecule has 1 unspecified atom stereocenters. The van der Waals surface area contributed by atoms with Gasteiger partial charge in [-0.25, -0.2) is 0 Å². The van der Waals surface area contributed by atoms with E-state index in [-0.39, 0.29) is 11.6 Å². The van der Waals surface area contributed by atoms with Crippen molar-refractivity contribution in [1.82, 2.24) is 14.7 Å². The number of nitrogens with zero attached hydrogens (tertiary/aromatic N) is 3. The van der Waals surface area contributed by atoms with Gasteiger partial charge in [-0.15, -0.1) is 0 Å². The highest BCUT2D eigenvalue weighted by Gasteiger charge is 2.35. The van der Waals surface area contributed by atoms with Gasteiger partial charge < -0.3 is 5.11 Å². The van der Waals surface area contributed by atoms with Gasteiger partial charge in [0.05, 0.1) is 12.3 Å². The number of hydrogen-bond acceptors (Lipinski definition) is 3. The molecule has 1 fully saturated rings. The van der Waals surface area contributed by atoms with Gasteiger partial charge in [-0.1, -0.05) is 0 Å². The zero-order valence-electron chi connectivity index (χ0n) is 11.8. The Labute approximate surface area is 110 Å². The van der Waals surface area contributed by atoms with Crippen molar-refractivity contribution in [2.24, 2.45) is 0 Å². The number of rotatable bonds is 5. The molecule has 1 atom stereocenters. The summed E-state index contributed by atoms with van der Waals surface area (Å²) in [6.07, 6.45) is 6.75. The average molecular weight is 251 g/mol. The largest absolute Gasteiger partial charge is 0.391 e. The number of hydrogen-bond donors (Lipinski definition) is 1. The first kappa shape index (κ1) is 13.6. The summed E-state index contributed by atoms with van der Waals surface area (Å²) >= 11 is 0. The van der Waals surface area contributed by atoms with Gasteiger partial charge in [-0.2, -0.15) is 5.10 Å². The van der Waals surface area contributed by atoms with Crippen LogP contribution in [-0.4, -0.2) is 44.5 Å². The monoisotopic (exact) mass is 251 g/mol. The lowest BCUT2D eigenvalue weighted by Crippen LogP contribution is -2.51. The number of likely N-dealkylation sites (tertiary alicyclic amines) is 1. The van der Waals surface area contributed by atoms with E-state index >= 15 is 0 Å². The predicted octanol–water partition coefficient (Wildman–Crippen LogP) is 1.68. The number of aliphatic hydroxyl groups is 1. The standard InChI is InChI=1S/C14H25N3O/c1-4-17-11-12(10-15-17)9-13(18)14(2,3)16-7-5-6-8-16/h10-11,13,18H,4-9H2,1-3H3. The Morgan fingerprint density at radius 3 is 2.61 bits per heavy atom. The molecule has 0 spiro atoms. The van der Waals surface area contributed by atoms with E-state index in [1.807, 2.05) is 17.1 Å². The fourth-order valence-corrected chi connectivity index (χ4v) is 2.66.